The Bertz CT molecular complexity index is 1590. The Morgan fingerprint density at radius 3 is 2.50 bits per heavy atom. The zero-order chi connectivity index (χ0) is 33.9. The maximum atomic E-state index is 16.4. The van der Waals surface area contributed by atoms with Crippen molar-refractivity contribution in [3.8, 4) is 22.9 Å². The van der Waals surface area contributed by atoms with Crippen molar-refractivity contribution in [1.29, 1.82) is 0 Å². The molecule has 4 heterocycles. The van der Waals surface area contributed by atoms with Gasteiger partial charge < -0.3 is 30.7 Å². The predicted octanol–water partition coefficient (Wildman–Crippen LogP) is 6.20. The van der Waals surface area contributed by atoms with Gasteiger partial charge in [0, 0.05) is 54.0 Å². The van der Waals surface area contributed by atoms with Crippen molar-refractivity contribution < 1.29 is 36.2 Å². The van der Waals surface area contributed by atoms with Gasteiger partial charge in [0.2, 0.25) is 11.8 Å². The molecule has 0 bridgehead atoms. The number of alkyl halides is 3. The molecule has 15 heteroatoms. The van der Waals surface area contributed by atoms with Crippen LogP contribution in [0.1, 0.15) is 45.4 Å². The molecule has 1 saturated heterocycles. The van der Waals surface area contributed by atoms with E-state index in [1.54, 1.807) is 20.8 Å². The number of rotatable bonds is 7. The third-order valence-corrected chi connectivity index (χ3v) is 8.82. The van der Waals surface area contributed by atoms with E-state index in [-0.39, 0.29) is 40.6 Å². The van der Waals surface area contributed by atoms with E-state index in [4.69, 9.17) is 10.5 Å². The lowest BCUT2D eigenvalue weighted by molar-refractivity contribution is -0.275. The van der Waals surface area contributed by atoms with E-state index in [2.05, 4.69) is 25.3 Å². The summed E-state index contributed by atoms with van der Waals surface area (Å²) in [6.07, 6.45) is -5.34. The molecule has 252 valence electrons. The first-order valence-corrected chi connectivity index (χ1v) is 16.3. The van der Waals surface area contributed by atoms with Crippen molar-refractivity contribution in [2.75, 3.05) is 42.2 Å². The molecule has 4 N–H and O–H groups in total. The van der Waals surface area contributed by atoms with Gasteiger partial charge in [0.05, 0.1) is 23.0 Å². The number of carbonyl (C=O) groups excluding carboxylic acids is 1. The van der Waals surface area contributed by atoms with E-state index in [1.165, 1.54) is 0 Å². The number of nitrogens with two attached hydrogens (primary N) is 1. The number of nitrogen functional groups attached to an aromatic ring is 1. The standard InChI is InChI=1S/C29H33F5N6O3S.C2H6/c1-5-19(28(41)40-6-8-44-9-7-40)36-12-20-15(4)42-27-22-21(13(2)14(3)37-26(22)38-20)23(31)24(39-27)17-10-16(35)11-18(30)25(17)43-29(32,33)34;1-2/h10-11,15,19-20,36H,5-9,12,35H2,1-4H3,(H,37,38);1-2H3. The molecular formula is C31H39F5N6O3S. The van der Waals surface area contributed by atoms with E-state index >= 15 is 4.39 Å². The highest BCUT2D eigenvalue weighted by Gasteiger charge is 2.37. The van der Waals surface area contributed by atoms with Crippen LogP contribution < -0.4 is 25.8 Å². The second-order valence-corrected chi connectivity index (χ2v) is 12.0. The van der Waals surface area contributed by atoms with Crippen molar-refractivity contribution in [3.63, 3.8) is 0 Å². The van der Waals surface area contributed by atoms with Gasteiger partial charge in [-0.25, -0.2) is 18.7 Å². The molecule has 3 aromatic rings. The van der Waals surface area contributed by atoms with Gasteiger partial charge in [-0.3, -0.25) is 4.79 Å². The van der Waals surface area contributed by atoms with E-state index in [0.29, 0.717) is 36.8 Å². The van der Waals surface area contributed by atoms with Gasteiger partial charge in [-0.05, 0) is 38.8 Å². The predicted molar refractivity (Wildman–Crippen MR) is 170 cm³/mol. The molecule has 0 aliphatic carbocycles. The van der Waals surface area contributed by atoms with E-state index in [1.807, 2.05) is 37.4 Å². The Morgan fingerprint density at radius 1 is 1.20 bits per heavy atom. The minimum Gasteiger partial charge on any atom is -0.472 e. The van der Waals surface area contributed by atoms with E-state index in [9.17, 15) is 22.4 Å². The smallest absolute Gasteiger partial charge is 0.472 e. The van der Waals surface area contributed by atoms with Crippen LogP contribution in [0.4, 0.5) is 33.5 Å². The average Bonchev–Trinajstić information content (AvgIpc) is 3.14. The Morgan fingerprint density at radius 2 is 1.87 bits per heavy atom. The first-order valence-electron chi connectivity index (χ1n) is 15.2. The van der Waals surface area contributed by atoms with Gasteiger partial charge in [-0.1, -0.05) is 20.8 Å². The number of benzene rings is 1. The molecule has 2 aliphatic rings. The van der Waals surface area contributed by atoms with E-state index in [0.717, 1.165) is 17.6 Å². The molecule has 0 saturated carbocycles. The summed E-state index contributed by atoms with van der Waals surface area (Å²) >= 11 is 1.81. The number of nitrogens with one attached hydrogen (secondary N) is 2. The largest absolute Gasteiger partial charge is 0.573 e. The summed E-state index contributed by atoms with van der Waals surface area (Å²) in [7, 11) is 0. The molecule has 2 aromatic heterocycles. The lowest BCUT2D eigenvalue weighted by atomic mass is 10.0. The van der Waals surface area contributed by atoms with Crippen molar-refractivity contribution in [3.05, 3.63) is 35.0 Å². The molecule has 0 spiro atoms. The molecule has 3 atom stereocenters. The topological polar surface area (TPSA) is 115 Å². The van der Waals surface area contributed by atoms with Gasteiger partial charge in [0.1, 0.15) is 17.6 Å². The van der Waals surface area contributed by atoms with Crippen LogP contribution in [0.3, 0.4) is 0 Å². The van der Waals surface area contributed by atoms with Crippen molar-refractivity contribution in [2.24, 2.45) is 0 Å². The zero-order valence-electron chi connectivity index (χ0n) is 26.6. The SMILES string of the molecule is CC.CCC(NCC1Nc2nc(C)c(C)c3c(F)c(-c4cc(N)cc(F)c4OC(F)(F)F)nc(c23)OC1C)C(=O)N1CCSCC1. The Balaban J connectivity index is 0.00000235. The number of hydrogen-bond donors (Lipinski definition) is 3. The summed E-state index contributed by atoms with van der Waals surface area (Å²) in [5, 5.41) is 6.80. The van der Waals surface area contributed by atoms with Gasteiger partial charge in [-0.15, -0.1) is 13.2 Å². The van der Waals surface area contributed by atoms with Crippen LogP contribution in [-0.4, -0.2) is 76.5 Å². The number of amides is 1. The van der Waals surface area contributed by atoms with Crippen LogP contribution in [0.25, 0.3) is 22.0 Å². The normalized spacial score (nSPS) is 18.5. The maximum Gasteiger partial charge on any atom is 0.573 e. The van der Waals surface area contributed by atoms with Crippen LogP contribution in [0, 0.1) is 25.5 Å². The molecule has 1 amide bonds. The summed E-state index contributed by atoms with van der Waals surface area (Å²) in [6.45, 7) is 12.6. The van der Waals surface area contributed by atoms with Gasteiger partial charge in [0.25, 0.3) is 0 Å². The number of hydrogen-bond acceptors (Lipinski definition) is 9. The fourth-order valence-electron chi connectivity index (χ4n) is 5.43. The van der Waals surface area contributed by atoms with Gasteiger partial charge >= 0.3 is 6.36 Å². The van der Waals surface area contributed by atoms with Crippen LogP contribution in [0.2, 0.25) is 0 Å². The molecule has 3 unspecified atom stereocenters. The fourth-order valence-corrected chi connectivity index (χ4v) is 6.33. The Kier molecular flexibility index (Phi) is 11.1. The fraction of sp³-hybridized carbons (Fsp3) is 0.516. The van der Waals surface area contributed by atoms with Crippen molar-refractivity contribution in [1.82, 2.24) is 20.2 Å². The number of halogens is 5. The molecule has 5 rings (SSSR count). The van der Waals surface area contributed by atoms with Crippen LogP contribution in [0.5, 0.6) is 11.6 Å². The van der Waals surface area contributed by atoms with Crippen LogP contribution in [-0.2, 0) is 4.79 Å². The van der Waals surface area contributed by atoms with Crippen LogP contribution in [0.15, 0.2) is 12.1 Å². The molecule has 0 radical (unpaired) electrons. The number of thioether (sulfide) groups is 1. The molecule has 1 fully saturated rings. The third-order valence-electron chi connectivity index (χ3n) is 7.88. The minimum atomic E-state index is -5.27. The monoisotopic (exact) mass is 670 g/mol. The lowest BCUT2D eigenvalue weighted by Crippen LogP contribution is -2.52. The summed E-state index contributed by atoms with van der Waals surface area (Å²) < 4.78 is 81.0. The second-order valence-electron chi connectivity index (χ2n) is 10.8. The number of ether oxygens (including phenoxy) is 2. The highest BCUT2D eigenvalue weighted by atomic mass is 32.2. The van der Waals surface area contributed by atoms with E-state index < -0.39 is 53.2 Å². The highest BCUT2D eigenvalue weighted by Crippen LogP contribution is 2.44. The summed E-state index contributed by atoms with van der Waals surface area (Å²) in [5.41, 5.74) is 5.06. The van der Waals surface area contributed by atoms with Crippen molar-refractivity contribution in [2.45, 2.75) is 72.5 Å². The molecule has 2 aliphatic heterocycles. The van der Waals surface area contributed by atoms with Gasteiger partial charge in [0.15, 0.2) is 17.4 Å². The average molecular weight is 671 g/mol. The lowest BCUT2D eigenvalue weighted by Gasteiger charge is -2.31. The number of pyridine rings is 2. The quantitative estimate of drug-likeness (QED) is 0.200. The third kappa shape index (κ3) is 7.35. The zero-order valence-corrected chi connectivity index (χ0v) is 27.4. The van der Waals surface area contributed by atoms with Crippen molar-refractivity contribution >= 4 is 39.9 Å². The first kappa shape index (κ1) is 35.3. The Labute approximate surface area is 268 Å². The maximum absolute atomic E-state index is 16.4. The number of carbonyl (C=O) groups is 1. The summed E-state index contributed by atoms with van der Waals surface area (Å²) in [5.74, 6) is -1.77. The molecule has 46 heavy (non-hydrogen) atoms. The summed E-state index contributed by atoms with van der Waals surface area (Å²) in [4.78, 5) is 23.9. The number of nitrogens with zero attached hydrogens (tertiary/aromatic N) is 3. The first-order chi connectivity index (χ1) is 21.8. The molecular weight excluding hydrogens is 631 g/mol. The summed E-state index contributed by atoms with van der Waals surface area (Å²) in [6, 6.07) is 0.709. The number of aromatic nitrogens is 2. The molecule has 1 aromatic carbocycles. The molecule has 9 nitrogen and oxygen atoms in total. The highest BCUT2D eigenvalue weighted by molar-refractivity contribution is 7.99. The number of aryl methyl sites for hydroxylation is 2. The second kappa shape index (κ2) is 14.4. The van der Waals surface area contributed by atoms with Gasteiger partial charge in [-0.2, -0.15) is 11.8 Å². The Hall–Kier alpha value is -3.59. The number of anilines is 2. The minimum absolute atomic E-state index is 0.00817. The van der Waals surface area contributed by atoms with Crippen LogP contribution >= 0.6 is 11.8 Å².